The van der Waals surface area contributed by atoms with Gasteiger partial charge in [-0.25, -0.2) is 4.39 Å². The number of benzene rings is 1. The van der Waals surface area contributed by atoms with Crippen LogP contribution in [0.1, 0.15) is 38.7 Å². The molecule has 1 aromatic carbocycles. The van der Waals surface area contributed by atoms with Crippen LogP contribution in [0.4, 0.5) is 10.1 Å². The Kier molecular flexibility index (Phi) is 4.97. The second-order valence-corrected chi connectivity index (χ2v) is 6.39. The van der Waals surface area contributed by atoms with Gasteiger partial charge in [-0.1, -0.05) is 26.1 Å². The molecule has 2 N–H and O–H groups in total. The van der Waals surface area contributed by atoms with Crippen LogP contribution < -0.4 is 10.6 Å². The molecule has 2 rings (SSSR count). The average Bonchev–Trinajstić information content (AvgIpc) is 2.64. The zero-order valence-electron chi connectivity index (χ0n) is 12.2. The molecule has 2 nitrogen and oxygen atoms in total. The Balaban J connectivity index is 2.13. The van der Waals surface area contributed by atoms with E-state index < -0.39 is 0 Å². The minimum Gasteiger partial charge on any atom is -0.389 e. The number of halogens is 1. The smallest absolute Gasteiger partial charge is 0.147 e. The summed E-state index contributed by atoms with van der Waals surface area (Å²) in [5, 5.41) is 0. The monoisotopic (exact) mass is 294 g/mol. The van der Waals surface area contributed by atoms with Crippen LogP contribution in [0.15, 0.2) is 18.2 Å². The van der Waals surface area contributed by atoms with E-state index in [1.165, 1.54) is 12.5 Å². The summed E-state index contributed by atoms with van der Waals surface area (Å²) >= 11 is 4.88. The van der Waals surface area contributed by atoms with Crippen molar-refractivity contribution in [1.82, 2.24) is 0 Å². The van der Waals surface area contributed by atoms with Crippen molar-refractivity contribution in [2.45, 2.75) is 33.1 Å². The second kappa shape index (κ2) is 6.53. The quantitative estimate of drug-likeness (QED) is 0.862. The first-order valence-corrected chi connectivity index (χ1v) is 7.74. The average molecular weight is 294 g/mol. The zero-order valence-corrected chi connectivity index (χ0v) is 13.0. The van der Waals surface area contributed by atoms with Gasteiger partial charge in [0.15, 0.2) is 0 Å². The van der Waals surface area contributed by atoms with Gasteiger partial charge in [-0.05, 0) is 49.3 Å². The largest absolute Gasteiger partial charge is 0.389 e. The maximum atomic E-state index is 14.2. The van der Waals surface area contributed by atoms with Crippen molar-refractivity contribution in [2.24, 2.45) is 17.6 Å². The molecule has 110 valence electrons. The molecular weight excluding hydrogens is 271 g/mol. The lowest BCUT2D eigenvalue weighted by atomic mass is 9.89. The summed E-state index contributed by atoms with van der Waals surface area (Å²) < 4.78 is 14.2. The third kappa shape index (κ3) is 3.48. The van der Waals surface area contributed by atoms with Crippen LogP contribution in [0.3, 0.4) is 0 Å². The minimum atomic E-state index is -0.224. The molecule has 1 aliphatic rings. The van der Waals surface area contributed by atoms with E-state index in [0.717, 1.165) is 31.8 Å². The number of rotatable bonds is 3. The fourth-order valence-corrected chi connectivity index (χ4v) is 3.07. The van der Waals surface area contributed by atoms with Crippen molar-refractivity contribution in [1.29, 1.82) is 0 Å². The fraction of sp³-hybridized carbons (Fsp3) is 0.562. The molecule has 1 atom stereocenters. The summed E-state index contributed by atoms with van der Waals surface area (Å²) in [6.07, 6.45) is 3.49. The van der Waals surface area contributed by atoms with Gasteiger partial charge < -0.3 is 10.6 Å². The Morgan fingerprint density at radius 1 is 1.35 bits per heavy atom. The fourth-order valence-electron chi connectivity index (χ4n) is 2.95. The molecule has 20 heavy (non-hydrogen) atoms. The lowest BCUT2D eigenvalue weighted by Crippen LogP contribution is -2.25. The SMILES string of the molecule is CC(C)C1CCCN(c2ccc(C(N)=S)cc2F)CC1. The molecule has 1 saturated heterocycles. The van der Waals surface area contributed by atoms with E-state index in [-0.39, 0.29) is 10.8 Å². The number of thiocarbonyl (C=S) groups is 1. The number of anilines is 1. The molecule has 1 aliphatic heterocycles. The van der Waals surface area contributed by atoms with E-state index in [0.29, 0.717) is 17.2 Å². The van der Waals surface area contributed by atoms with Crippen LogP contribution in [0, 0.1) is 17.7 Å². The molecule has 0 radical (unpaired) electrons. The molecule has 0 saturated carbocycles. The summed E-state index contributed by atoms with van der Waals surface area (Å²) in [5.41, 5.74) is 6.81. The van der Waals surface area contributed by atoms with Crippen LogP contribution in [-0.4, -0.2) is 18.1 Å². The Morgan fingerprint density at radius 2 is 2.10 bits per heavy atom. The highest BCUT2D eigenvalue weighted by Gasteiger charge is 2.21. The Morgan fingerprint density at radius 3 is 2.70 bits per heavy atom. The van der Waals surface area contributed by atoms with E-state index in [4.69, 9.17) is 18.0 Å². The van der Waals surface area contributed by atoms with Gasteiger partial charge in [0.2, 0.25) is 0 Å². The van der Waals surface area contributed by atoms with Crippen LogP contribution in [-0.2, 0) is 0 Å². The van der Waals surface area contributed by atoms with Crippen molar-refractivity contribution >= 4 is 22.9 Å². The molecule has 1 heterocycles. The molecule has 0 aromatic heterocycles. The molecular formula is C16H23FN2S. The molecule has 0 aliphatic carbocycles. The minimum absolute atomic E-state index is 0.224. The van der Waals surface area contributed by atoms with Gasteiger partial charge in [-0.3, -0.25) is 0 Å². The zero-order chi connectivity index (χ0) is 14.7. The van der Waals surface area contributed by atoms with Gasteiger partial charge in [-0.2, -0.15) is 0 Å². The highest BCUT2D eigenvalue weighted by Crippen LogP contribution is 2.28. The topological polar surface area (TPSA) is 29.3 Å². The van der Waals surface area contributed by atoms with Crippen LogP contribution >= 0.6 is 12.2 Å². The summed E-state index contributed by atoms with van der Waals surface area (Å²) in [4.78, 5) is 2.40. The van der Waals surface area contributed by atoms with Crippen LogP contribution in [0.2, 0.25) is 0 Å². The predicted octanol–water partition coefficient (Wildman–Crippen LogP) is 3.72. The van der Waals surface area contributed by atoms with Gasteiger partial charge in [0, 0.05) is 18.7 Å². The summed E-state index contributed by atoms with van der Waals surface area (Å²) in [5.74, 6) is 1.23. The van der Waals surface area contributed by atoms with Crippen LogP contribution in [0.5, 0.6) is 0 Å². The summed E-state index contributed by atoms with van der Waals surface area (Å²) in [6, 6.07) is 5.06. The van der Waals surface area contributed by atoms with Crippen LogP contribution in [0.25, 0.3) is 0 Å². The van der Waals surface area contributed by atoms with Crippen molar-refractivity contribution in [3.8, 4) is 0 Å². The number of nitrogens with two attached hydrogens (primary N) is 1. The first-order chi connectivity index (χ1) is 9.49. The van der Waals surface area contributed by atoms with E-state index in [1.54, 1.807) is 6.07 Å². The number of hydrogen-bond acceptors (Lipinski definition) is 2. The van der Waals surface area contributed by atoms with E-state index in [9.17, 15) is 4.39 Å². The molecule has 0 spiro atoms. The molecule has 4 heteroatoms. The Labute approximate surface area is 126 Å². The first kappa shape index (κ1) is 15.2. The molecule has 1 unspecified atom stereocenters. The van der Waals surface area contributed by atoms with Gasteiger partial charge in [0.25, 0.3) is 0 Å². The number of nitrogens with zero attached hydrogens (tertiary/aromatic N) is 1. The predicted molar refractivity (Wildman–Crippen MR) is 86.7 cm³/mol. The Bertz CT molecular complexity index is 487. The third-order valence-corrected chi connectivity index (χ3v) is 4.52. The second-order valence-electron chi connectivity index (χ2n) is 5.95. The third-order valence-electron chi connectivity index (χ3n) is 4.29. The van der Waals surface area contributed by atoms with Crippen molar-refractivity contribution < 1.29 is 4.39 Å². The summed E-state index contributed by atoms with van der Waals surface area (Å²) in [7, 11) is 0. The van der Waals surface area contributed by atoms with E-state index in [2.05, 4.69) is 18.7 Å². The number of hydrogen-bond donors (Lipinski definition) is 1. The molecule has 1 aromatic rings. The maximum Gasteiger partial charge on any atom is 0.147 e. The molecule has 0 bridgehead atoms. The maximum absolute atomic E-state index is 14.2. The van der Waals surface area contributed by atoms with E-state index in [1.807, 2.05) is 6.07 Å². The van der Waals surface area contributed by atoms with Crippen molar-refractivity contribution in [2.75, 3.05) is 18.0 Å². The summed E-state index contributed by atoms with van der Waals surface area (Å²) in [6.45, 7) is 6.40. The lowest BCUT2D eigenvalue weighted by Gasteiger charge is -2.24. The Hall–Kier alpha value is -1.16. The first-order valence-electron chi connectivity index (χ1n) is 7.33. The molecule has 0 amide bonds. The van der Waals surface area contributed by atoms with Gasteiger partial charge >= 0.3 is 0 Å². The normalized spacial score (nSPS) is 20.0. The lowest BCUT2D eigenvalue weighted by molar-refractivity contribution is 0.351. The standard InChI is InChI=1S/C16H23FN2S/c1-11(2)12-4-3-8-19(9-7-12)15-6-5-13(16(18)20)10-14(15)17/h5-6,10-12H,3-4,7-9H2,1-2H3,(H2,18,20). The van der Waals surface area contributed by atoms with Crippen molar-refractivity contribution in [3.05, 3.63) is 29.6 Å². The molecule has 1 fully saturated rings. The van der Waals surface area contributed by atoms with Gasteiger partial charge in [0.05, 0.1) is 5.69 Å². The van der Waals surface area contributed by atoms with Gasteiger partial charge in [-0.15, -0.1) is 0 Å². The highest BCUT2D eigenvalue weighted by molar-refractivity contribution is 7.80. The van der Waals surface area contributed by atoms with Gasteiger partial charge in [0.1, 0.15) is 10.8 Å². The highest BCUT2D eigenvalue weighted by atomic mass is 32.1. The van der Waals surface area contributed by atoms with E-state index >= 15 is 0 Å². The van der Waals surface area contributed by atoms with Crippen molar-refractivity contribution in [3.63, 3.8) is 0 Å².